The van der Waals surface area contributed by atoms with Crippen molar-refractivity contribution >= 4 is 23.6 Å². The Labute approximate surface area is 117 Å². The van der Waals surface area contributed by atoms with Crippen LogP contribution in [0.1, 0.15) is 38.5 Å². The fraction of sp³-hybridized carbons (Fsp3) is 0.667. The van der Waals surface area contributed by atoms with Gasteiger partial charge in [-0.2, -0.15) is 0 Å². The molecule has 0 aromatic heterocycles. The van der Waals surface area contributed by atoms with Crippen LogP contribution in [0.2, 0.25) is 0 Å². The van der Waals surface area contributed by atoms with Gasteiger partial charge in [-0.1, -0.05) is 0 Å². The summed E-state index contributed by atoms with van der Waals surface area (Å²) in [6.45, 7) is 0.633. The van der Waals surface area contributed by atoms with Crippen LogP contribution in [0.15, 0.2) is 0 Å². The van der Waals surface area contributed by atoms with E-state index >= 15 is 0 Å². The lowest BCUT2D eigenvalue weighted by molar-refractivity contribution is -0.123. The molecule has 0 heterocycles. The van der Waals surface area contributed by atoms with Gasteiger partial charge in [-0.3, -0.25) is 19.2 Å². The lowest BCUT2D eigenvalue weighted by Gasteiger charge is -2.06. The van der Waals surface area contributed by atoms with Gasteiger partial charge in [-0.25, -0.2) is 0 Å². The summed E-state index contributed by atoms with van der Waals surface area (Å²) < 4.78 is 0. The molecule has 0 aromatic carbocycles. The van der Waals surface area contributed by atoms with Crippen molar-refractivity contribution in [1.29, 1.82) is 0 Å². The Morgan fingerprint density at radius 1 is 0.650 bits per heavy atom. The molecule has 0 aliphatic rings. The van der Waals surface area contributed by atoms with Crippen LogP contribution in [-0.2, 0) is 19.2 Å². The van der Waals surface area contributed by atoms with E-state index in [-0.39, 0.29) is 37.5 Å². The number of hydrogen-bond acceptors (Lipinski definition) is 4. The third kappa shape index (κ3) is 12.3. The molecule has 0 spiro atoms. The van der Waals surface area contributed by atoms with Gasteiger partial charge in [0.15, 0.2) is 0 Å². The zero-order valence-electron chi connectivity index (χ0n) is 11.4. The Balaban J connectivity index is 3.46. The van der Waals surface area contributed by atoms with Crippen molar-refractivity contribution in [2.45, 2.75) is 38.5 Å². The molecule has 0 saturated carbocycles. The molecule has 0 aliphatic heterocycles. The van der Waals surface area contributed by atoms with Crippen LogP contribution in [0.25, 0.3) is 0 Å². The van der Waals surface area contributed by atoms with Crippen molar-refractivity contribution in [2.24, 2.45) is 11.5 Å². The number of nitrogens with two attached hydrogens (primary N) is 2. The molecule has 4 amide bonds. The highest BCUT2D eigenvalue weighted by Gasteiger charge is 2.04. The van der Waals surface area contributed by atoms with E-state index in [9.17, 15) is 19.2 Å². The Morgan fingerprint density at radius 2 is 1.00 bits per heavy atom. The highest BCUT2D eigenvalue weighted by atomic mass is 16.2. The summed E-state index contributed by atoms with van der Waals surface area (Å²) in [5.41, 5.74) is 9.89. The van der Waals surface area contributed by atoms with Gasteiger partial charge in [0.05, 0.1) is 0 Å². The van der Waals surface area contributed by atoms with Gasteiger partial charge in [-0.05, 0) is 12.8 Å². The lowest BCUT2D eigenvalue weighted by atomic mass is 10.2. The minimum absolute atomic E-state index is 0.185. The normalized spacial score (nSPS) is 9.80. The molecule has 0 aliphatic carbocycles. The number of amides is 4. The molecule has 0 unspecified atom stereocenters. The molecule has 0 rings (SSSR count). The van der Waals surface area contributed by atoms with E-state index in [0.717, 1.165) is 0 Å². The second kappa shape index (κ2) is 10.8. The molecule has 0 aromatic rings. The molecule has 8 nitrogen and oxygen atoms in total. The smallest absolute Gasteiger partial charge is 0.220 e. The van der Waals surface area contributed by atoms with E-state index in [1.165, 1.54) is 0 Å². The first-order valence-electron chi connectivity index (χ1n) is 6.52. The Kier molecular flexibility index (Phi) is 9.63. The first kappa shape index (κ1) is 17.9. The average molecular weight is 286 g/mol. The molecule has 0 radical (unpaired) electrons. The monoisotopic (exact) mass is 286 g/mol. The number of primary amides is 2. The van der Waals surface area contributed by atoms with Crippen molar-refractivity contribution in [3.8, 4) is 0 Å². The second-order valence-corrected chi connectivity index (χ2v) is 4.34. The predicted molar refractivity (Wildman–Crippen MR) is 72.1 cm³/mol. The average Bonchev–Trinajstić information content (AvgIpc) is 2.33. The number of hydrogen-bond donors (Lipinski definition) is 4. The molecule has 0 bridgehead atoms. The van der Waals surface area contributed by atoms with Gasteiger partial charge in [0, 0.05) is 38.8 Å². The largest absolute Gasteiger partial charge is 0.370 e. The molecular formula is C12H22N4O4. The molecule has 6 N–H and O–H groups in total. The van der Waals surface area contributed by atoms with Gasteiger partial charge in [0.1, 0.15) is 0 Å². The zero-order chi connectivity index (χ0) is 15.4. The highest BCUT2D eigenvalue weighted by Crippen LogP contribution is 1.94. The molecule has 0 atom stereocenters. The molecule has 8 heteroatoms. The summed E-state index contributed by atoms with van der Waals surface area (Å²) in [4.78, 5) is 43.5. The molecule has 114 valence electrons. The standard InChI is InChI=1S/C12H22N4O4/c13-9(17)3-1-5-11(19)15-7-8-16-12(20)6-2-4-10(14)18/h1-8H2,(H2,13,17)(H2,14,18)(H,15,19)(H,16,20). The number of carbonyl (C=O) groups excluding carboxylic acids is 4. The van der Waals surface area contributed by atoms with Crippen LogP contribution in [0.5, 0.6) is 0 Å². The van der Waals surface area contributed by atoms with Gasteiger partial charge < -0.3 is 22.1 Å². The fourth-order valence-electron chi connectivity index (χ4n) is 1.43. The van der Waals surface area contributed by atoms with E-state index in [2.05, 4.69) is 10.6 Å². The van der Waals surface area contributed by atoms with Crippen molar-refractivity contribution in [1.82, 2.24) is 10.6 Å². The van der Waals surface area contributed by atoms with Gasteiger partial charge >= 0.3 is 0 Å². The minimum atomic E-state index is -0.430. The minimum Gasteiger partial charge on any atom is -0.370 e. The Morgan fingerprint density at radius 3 is 1.30 bits per heavy atom. The summed E-state index contributed by atoms with van der Waals surface area (Å²) in [6, 6.07) is 0. The first-order chi connectivity index (χ1) is 9.41. The van der Waals surface area contributed by atoms with Crippen LogP contribution in [0.3, 0.4) is 0 Å². The summed E-state index contributed by atoms with van der Waals surface area (Å²) in [7, 11) is 0. The molecule has 0 saturated heterocycles. The van der Waals surface area contributed by atoms with Crippen LogP contribution in [0.4, 0.5) is 0 Å². The van der Waals surface area contributed by atoms with Crippen LogP contribution < -0.4 is 22.1 Å². The topological polar surface area (TPSA) is 144 Å². The van der Waals surface area contributed by atoms with Gasteiger partial charge in [0.2, 0.25) is 23.6 Å². The van der Waals surface area contributed by atoms with Crippen LogP contribution in [-0.4, -0.2) is 36.7 Å². The van der Waals surface area contributed by atoms with Crippen molar-refractivity contribution in [3.05, 3.63) is 0 Å². The Hall–Kier alpha value is -2.12. The van der Waals surface area contributed by atoms with E-state index in [0.29, 0.717) is 25.9 Å². The highest BCUT2D eigenvalue weighted by molar-refractivity contribution is 5.79. The third-order valence-electron chi connectivity index (χ3n) is 2.42. The predicted octanol–water partition coefficient (Wildman–Crippen LogP) is -1.47. The lowest BCUT2D eigenvalue weighted by Crippen LogP contribution is -2.34. The summed E-state index contributed by atoms with van der Waals surface area (Å²) in [5.74, 6) is -1.23. The maximum absolute atomic E-state index is 11.3. The molecule has 0 fully saturated rings. The SMILES string of the molecule is NC(=O)CCCC(=O)NCCNC(=O)CCCC(N)=O. The van der Waals surface area contributed by atoms with Crippen LogP contribution >= 0.6 is 0 Å². The quantitative estimate of drug-likeness (QED) is 0.343. The van der Waals surface area contributed by atoms with Crippen molar-refractivity contribution < 1.29 is 19.2 Å². The van der Waals surface area contributed by atoms with Crippen LogP contribution in [0, 0.1) is 0 Å². The van der Waals surface area contributed by atoms with Crippen molar-refractivity contribution in [3.63, 3.8) is 0 Å². The first-order valence-corrected chi connectivity index (χ1v) is 6.52. The van der Waals surface area contributed by atoms with E-state index in [4.69, 9.17) is 11.5 Å². The second-order valence-electron chi connectivity index (χ2n) is 4.34. The van der Waals surface area contributed by atoms with E-state index < -0.39 is 11.8 Å². The van der Waals surface area contributed by atoms with Crippen molar-refractivity contribution in [2.75, 3.05) is 13.1 Å². The maximum Gasteiger partial charge on any atom is 0.220 e. The summed E-state index contributed by atoms with van der Waals surface area (Å²) in [5, 5.41) is 5.21. The molecular weight excluding hydrogens is 264 g/mol. The molecule has 20 heavy (non-hydrogen) atoms. The number of nitrogens with one attached hydrogen (secondary N) is 2. The van der Waals surface area contributed by atoms with E-state index in [1.54, 1.807) is 0 Å². The van der Waals surface area contributed by atoms with Gasteiger partial charge in [-0.15, -0.1) is 0 Å². The van der Waals surface area contributed by atoms with Gasteiger partial charge in [0.25, 0.3) is 0 Å². The Bertz CT molecular complexity index is 323. The van der Waals surface area contributed by atoms with E-state index in [1.807, 2.05) is 0 Å². The number of rotatable bonds is 11. The summed E-state index contributed by atoms with van der Waals surface area (Å²) >= 11 is 0. The number of carbonyl (C=O) groups is 4. The summed E-state index contributed by atoms with van der Waals surface area (Å²) in [6.07, 6.45) is 1.67. The third-order valence-corrected chi connectivity index (χ3v) is 2.42. The fourth-order valence-corrected chi connectivity index (χ4v) is 1.43. The zero-order valence-corrected chi connectivity index (χ0v) is 11.4. The maximum atomic E-state index is 11.3.